The van der Waals surface area contributed by atoms with Gasteiger partial charge in [0, 0.05) is 38.9 Å². The maximum atomic E-state index is 14.2. The molecule has 5 nitrogen and oxygen atoms in total. The molecule has 0 atom stereocenters. The highest BCUT2D eigenvalue weighted by molar-refractivity contribution is 9.10. The average molecular weight is 505 g/mol. The Morgan fingerprint density at radius 1 is 1.12 bits per heavy atom. The van der Waals surface area contributed by atoms with Crippen LogP contribution in [-0.2, 0) is 6.54 Å². The highest BCUT2D eigenvalue weighted by Crippen LogP contribution is 2.24. The van der Waals surface area contributed by atoms with E-state index >= 15 is 0 Å². The number of hydrogen-bond donors (Lipinski definition) is 0. The molecule has 0 bridgehead atoms. The van der Waals surface area contributed by atoms with Crippen molar-refractivity contribution in [2.24, 2.45) is 0 Å². The van der Waals surface area contributed by atoms with Gasteiger partial charge in [-0.3, -0.25) is 4.79 Å². The van der Waals surface area contributed by atoms with E-state index in [0.29, 0.717) is 32.8 Å². The largest absolute Gasteiger partial charge is 0.342 e. The number of hydrogen-bond acceptors (Lipinski definition) is 4. The van der Waals surface area contributed by atoms with Crippen LogP contribution in [0.5, 0.6) is 0 Å². The summed E-state index contributed by atoms with van der Waals surface area (Å²) in [5.74, 6) is -0.233. The van der Waals surface area contributed by atoms with E-state index in [1.807, 2.05) is 53.2 Å². The number of benzene rings is 2. The van der Waals surface area contributed by atoms with Gasteiger partial charge in [-0.2, -0.15) is 0 Å². The molecule has 0 aliphatic heterocycles. The summed E-state index contributed by atoms with van der Waals surface area (Å²) in [5.41, 5.74) is 3.57. The highest BCUT2D eigenvalue weighted by atomic mass is 79.9. The van der Waals surface area contributed by atoms with Crippen molar-refractivity contribution in [3.63, 3.8) is 0 Å². The molecule has 0 N–H and O–H groups in total. The molecule has 0 radical (unpaired) electrons. The van der Waals surface area contributed by atoms with Crippen LogP contribution in [0.2, 0.25) is 0 Å². The molecule has 156 valence electrons. The second-order valence-corrected chi connectivity index (χ2v) is 9.39. The number of rotatable bonds is 3. The van der Waals surface area contributed by atoms with Gasteiger partial charge < -0.3 is 4.57 Å². The fourth-order valence-corrected chi connectivity index (χ4v) is 5.27. The molecule has 6 rings (SSSR count). The van der Waals surface area contributed by atoms with Crippen molar-refractivity contribution in [1.29, 1.82) is 0 Å². The lowest BCUT2D eigenvalue weighted by Crippen LogP contribution is -2.22. The van der Waals surface area contributed by atoms with Crippen LogP contribution < -0.4 is 10.1 Å². The monoisotopic (exact) mass is 504 g/mol. The highest BCUT2D eigenvalue weighted by Gasteiger charge is 2.14. The molecule has 6 aromatic rings. The summed E-state index contributed by atoms with van der Waals surface area (Å²) >= 11 is 4.72. The van der Waals surface area contributed by atoms with Crippen LogP contribution >= 0.6 is 27.3 Å². The Kier molecular flexibility index (Phi) is 4.44. The first-order chi connectivity index (χ1) is 15.6. The van der Waals surface area contributed by atoms with Crippen LogP contribution in [0, 0.1) is 5.82 Å². The summed E-state index contributed by atoms with van der Waals surface area (Å²) in [7, 11) is 0. The lowest BCUT2D eigenvalue weighted by molar-refractivity contribution is 0.602. The van der Waals surface area contributed by atoms with Gasteiger partial charge in [-0.05, 0) is 40.2 Å². The van der Waals surface area contributed by atoms with Gasteiger partial charge in [-0.25, -0.2) is 18.8 Å². The predicted octanol–water partition coefficient (Wildman–Crippen LogP) is 4.76. The van der Waals surface area contributed by atoms with E-state index in [2.05, 4.69) is 25.9 Å². The third-order valence-corrected chi connectivity index (χ3v) is 6.86. The van der Waals surface area contributed by atoms with E-state index < -0.39 is 0 Å². The normalized spacial score (nSPS) is 12.5. The standard InChI is InChI=1S/C24H14BrFN4OS/c25-16-10-19-22(27-11-16)30-23(31)21(32-24(30)28-19)9-15-13-29(20-8-4-2-6-17(15)20)12-14-5-1-3-7-18(14)26/h1-11,13H,12H2. The Labute approximate surface area is 193 Å². The summed E-state index contributed by atoms with van der Waals surface area (Å²) in [5, 5.41) is 1.00. The van der Waals surface area contributed by atoms with Crippen LogP contribution in [-0.4, -0.2) is 18.9 Å². The Morgan fingerprint density at radius 3 is 2.81 bits per heavy atom. The third kappa shape index (κ3) is 3.06. The maximum absolute atomic E-state index is 14.2. The van der Waals surface area contributed by atoms with Gasteiger partial charge in [0.2, 0.25) is 0 Å². The lowest BCUT2D eigenvalue weighted by atomic mass is 10.2. The first-order valence-electron chi connectivity index (χ1n) is 9.88. The van der Waals surface area contributed by atoms with Crippen molar-refractivity contribution in [1.82, 2.24) is 18.9 Å². The topological polar surface area (TPSA) is 52.2 Å². The number of thiazole rings is 1. The van der Waals surface area contributed by atoms with Crippen LogP contribution in [0.1, 0.15) is 11.1 Å². The predicted molar refractivity (Wildman–Crippen MR) is 129 cm³/mol. The Balaban J connectivity index is 1.53. The third-order valence-electron chi connectivity index (χ3n) is 5.45. The first kappa shape index (κ1) is 19.3. The molecule has 0 fully saturated rings. The number of imidazole rings is 1. The molecule has 0 aliphatic carbocycles. The molecule has 32 heavy (non-hydrogen) atoms. The van der Waals surface area contributed by atoms with E-state index in [1.54, 1.807) is 22.7 Å². The van der Waals surface area contributed by atoms with Crippen molar-refractivity contribution < 1.29 is 4.39 Å². The lowest BCUT2D eigenvalue weighted by Gasteiger charge is -2.06. The molecular formula is C24H14BrFN4OS. The molecule has 2 aromatic carbocycles. The fourth-order valence-electron chi connectivity index (χ4n) is 3.99. The second kappa shape index (κ2) is 7.36. The van der Waals surface area contributed by atoms with Crippen LogP contribution in [0.15, 0.2) is 76.3 Å². The van der Waals surface area contributed by atoms with E-state index in [9.17, 15) is 9.18 Å². The van der Waals surface area contributed by atoms with E-state index in [1.165, 1.54) is 17.4 Å². The second-order valence-electron chi connectivity index (χ2n) is 7.46. The molecular weight excluding hydrogens is 491 g/mol. The summed E-state index contributed by atoms with van der Waals surface area (Å²) < 4.78 is 19.2. The van der Waals surface area contributed by atoms with Gasteiger partial charge in [-0.1, -0.05) is 47.7 Å². The maximum Gasteiger partial charge on any atom is 0.276 e. The molecule has 0 amide bonds. The Hall–Kier alpha value is -3.36. The van der Waals surface area contributed by atoms with Gasteiger partial charge in [0.25, 0.3) is 5.56 Å². The minimum absolute atomic E-state index is 0.145. The average Bonchev–Trinajstić information content (AvgIpc) is 3.41. The molecule has 0 spiro atoms. The van der Waals surface area contributed by atoms with Crippen molar-refractivity contribution in [3.05, 3.63) is 103 Å². The van der Waals surface area contributed by atoms with E-state index in [4.69, 9.17) is 0 Å². The van der Waals surface area contributed by atoms with Gasteiger partial charge in [-0.15, -0.1) is 0 Å². The number of para-hydroxylation sites is 1. The zero-order chi connectivity index (χ0) is 21.8. The van der Waals surface area contributed by atoms with Crippen LogP contribution in [0.25, 0.3) is 33.1 Å². The minimum Gasteiger partial charge on any atom is -0.342 e. The summed E-state index contributed by atoms with van der Waals surface area (Å²) in [6.07, 6.45) is 5.51. The van der Waals surface area contributed by atoms with Crippen molar-refractivity contribution in [3.8, 4) is 0 Å². The number of pyridine rings is 1. The smallest absolute Gasteiger partial charge is 0.276 e. The summed E-state index contributed by atoms with van der Waals surface area (Å²) in [6.45, 7) is 0.405. The van der Waals surface area contributed by atoms with Crippen LogP contribution in [0.3, 0.4) is 0 Å². The molecule has 4 aromatic heterocycles. The van der Waals surface area contributed by atoms with E-state index in [-0.39, 0.29) is 11.4 Å². The summed E-state index contributed by atoms with van der Waals surface area (Å²) in [6, 6.07) is 16.6. The molecule has 4 heterocycles. The molecule has 0 saturated heterocycles. The SMILES string of the molecule is O=c1c(=Cc2cn(Cc3ccccc3F)c3ccccc23)sc2nc3cc(Br)cnc3n12. The summed E-state index contributed by atoms with van der Waals surface area (Å²) in [4.78, 5) is 22.7. The van der Waals surface area contributed by atoms with Crippen LogP contribution in [0.4, 0.5) is 4.39 Å². The zero-order valence-electron chi connectivity index (χ0n) is 16.5. The number of halogens is 2. The minimum atomic E-state index is -0.233. The molecule has 0 saturated carbocycles. The van der Waals surface area contributed by atoms with Gasteiger partial charge in [0.1, 0.15) is 11.3 Å². The quantitative estimate of drug-likeness (QED) is 0.349. The first-order valence-corrected chi connectivity index (χ1v) is 11.5. The van der Waals surface area contributed by atoms with Crippen molar-refractivity contribution >= 4 is 60.4 Å². The Morgan fingerprint density at radius 2 is 1.94 bits per heavy atom. The number of fused-ring (bicyclic) bond motifs is 4. The molecule has 8 heteroatoms. The van der Waals surface area contributed by atoms with Gasteiger partial charge in [0.05, 0.1) is 11.1 Å². The van der Waals surface area contributed by atoms with Gasteiger partial charge in [0.15, 0.2) is 10.6 Å². The van der Waals surface area contributed by atoms with Crippen molar-refractivity contribution in [2.75, 3.05) is 0 Å². The van der Waals surface area contributed by atoms with E-state index in [0.717, 1.165) is 20.9 Å². The zero-order valence-corrected chi connectivity index (χ0v) is 18.9. The fraction of sp³-hybridized carbons (Fsp3) is 0.0417. The number of nitrogens with zero attached hydrogens (tertiary/aromatic N) is 4. The van der Waals surface area contributed by atoms with Gasteiger partial charge >= 0.3 is 0 Å². The van der Waals surface area contributed by atoms with Crippen molar-refractivity contribution in [2.45, 2.75) is 6.54 Å². The Bertz CT molecular complexity index is 1770. The molecule has 0 unspecified atom stereocenters. The molecule has 0 aliphatic rings. The number of aromatic nitrogens is 4.